The zero-order chi connectivity index (χ0) is 20.7. The van der Waals surface area contributed by atoms with Crippen molar-refractivity contribution >= 4 is 21.5 Å². The predicted octanol–water partition coefficient (Wildman–Crippen LogP) is 2.56. The Bertz CT molecular complexity index is 970. The molecule has 0 aliphatic carbocycles. The number of nitrogens with zero attached hydrogens (tertiary/aromatic N) is 2. The Morgan fingerprint density at radius 3 is 2.29 bits per heavy atom. The van der Waals surface area contributed by atoms with Crippen LogP contribution in [0.25, 0.3) is 0 Å². The molecule has 0 spiro atoms. The molecule has 2 rings (SSSR count). The first-order valence-corrected chi connectivity index (χ1v) is 10.6. The standard InChI is InChI=1S/C19H24N4O4S/c1-4-20-19(21-12-15-5-8-17(9-6-15)23(24)25)22-13-16-7-10-18(14(2)11-16)28(3,26)27/h5-11H,4,12-13H2,1-3H3,(H2,20,21,22). The van der Waals surface area contributed by atoms with Gasteiger partial charge in [0.05, 0.1) is 16.4 Å². The van der Waals surface area contributed by atoms with E-state index in [9.17, 15) is 18.5 Å². The highest BCUT2D eigenvalue weighted by Crippen LogP contribution is 2.17. The van der Waals surface area contributed by atoms with Gasteiger partial charge in [0.15, 0.2) is 15.8 Å². The Labute approximate surface area is 164 Å². The largest absolute Gasteiger partial charge is 0.357 e. The molecule has 0 aliphatic rings. The molecule has 0 saturated carbocycles. The molecule has 0 aromatic heterocycles. The van der Waals surface area contributed by atoms with Gasteiger partial charge in [0.1, 0.15) is 0 Å². The summed E-state index contributed by atoms with van der Waals surface area (Å²) in [6.07, 6.45) is 1.19. The molecule has 28 heavy (non-hydrogen) atoms. The number of nitrogens with one attached hydrogen (secondary N) is 2. The van der Waals surface area contributed by atoms with Crippen molar-refractivity contribution in [3.8, 4) is 0 Å². The number of non-ortho nitro benzene ring substituents is 1. The zero-order valence-corrected chi connectivity index (χ0v) is 16.9. The van der Waals surface area contributed by atoms with Crippen LogP contribution in [-0.4, -0.2) is 32.1 Å². The third kappa shape index (κ3) is 6.05. The second kappa shape index (κ2) is 9.32. The number of rotatable bonds is 7. The molecule has 0 fully saturated rings. The fourth-order valence-corrected chi connectivity index (χ4v) is 3.62. The lowest BCUT2D eigenvalue weighted by atomic mass is 10.1. The van der Waals surface area contributed by atoms with Crippen LogP contribution in [0.1, 0.15) is 23.6 Å². The average molecular weight is 404 g/mol. The Balaban J connectivity index is 2.05. The number of sulfone groups is 1. The van der Waals surface area contributed by atoms with Crippen LogP contribution in [0.3, 0.4) is 0 Å². The highest BCUT2D eigenvalue weighted by molar-refractivity contribution is 7.90. The Hall–Kier alpha value is -2.94. The van der Waals surface area contributed by atoms with E-state index in [2.05, 4.69) is 15.6 Å². The molecule has 150 valence electrons. The number of nitro groups is 1. The average Bonchev–Trinajstić information content (AvgIpc) is 2.63. The fourth-order valence-electron chi connectivity index (χ4n) is 2.66. The second-order valence-electron chi connectivity index (χ2n) is 6.34. The summed E-state index contributed by atoms with van der Waals surface area (Å²) in [6.45, 7) is 5.25. The van der Waals surface area contributed by atoms with Gasteiger partial charge in [-0.15, -0.1) is 0 Å². The molecule has 0 heterocycles. The van der Waals surface area contributed by atoms with Gasteiger partial charge in [0.2, 0.25) is 0 Å². The third-order valence-electron chi connectivity index (χ3n) is 4.01. The fraction of sp³-hybridized carbons (Fsp3) is 0.316. The molecule has 0 unspecified atom stereocenters. The zero-order valence-electron chi connectivity index (χ0n) is 16.1. The number of aryl methyl sites for hydroxylation is 1. The van der Waals surface area contributed by atoms with Crippen LogP contribution in [0.15, 0.2) is 52.4 Å². The summed E-state index contributed by atoms with van der Waals surface area (Å²) in [6, 6.07) is 11.5. The number of hydrogen-bond donors (Lipinski definition) is 2. The second-order valence-corrected chi connectivity index (χ2v) is 8.33. The lowest BCUT2D eigenvalue weighted by Gasteiger charge is -2.12. The molecule has 0 atom stereocenters. The molecule has 8 nitrogen and oxygen atoms in total. The lowest BCUT2D eigenvalue weighted by molar-refractivity contribution is -0.384. The van der Waals surface area contributed by atoms with Gasteiger partial charge >= 0.3 is 0 Å². The Morgan fingerprint density at radius 2 is 1.75 bits per heavy atom. The minimum Gasteiger partial charge on any atom is -0.357 e. The molecule has 2 aromatic rings. The highest BCUT2D eigenvalue weighted by atomic mass is 32.2. The quantitative estimate of drug-likeness (QED) is 0.317. The molecular formula is C19H24N4O4S. The van der Waals surface area contributed by atoms with Crippen LogP contribution >= 0.6 is 0 Å². The van der Waals surface area contributed by atoms with Gasteiger partial charge in [-0.05, 0) is 36.6 Å². The van der Waals surface area contributed by atoms with E-state index >= 15 is 0 Å². The topological polar surface area (TPSA) is 114 Å². The van der Waals surface area contributed by atoms with Gasteiger partial charge in [-0.3, -0.25) is 10.1 Å². The first-order valence-electron chi connectivity index (χ1n) is 8.76. The third-order valence-corrected chi connectivity index (χ3v) is 5.27. The van der Waals surface area contributed by atoms with Crippen molar-refractivity contribution in [3.63, 3.8) is 0 Å². The highest BCUT2D eigenvalue weighted by Gasteiger charge is 2.11. The normalized spacial score (nSPS) is 11.9. The first kappa shape index (κ1) is 21.4. The summed E-state index contributed by atoms with van der Waals surface area (Å²) in [5.74, 6) is 0.602. The molecular weight excluding hydrogens is 380 g/mol. The van der Waals surface area contributed by atoms with E-state index < -0.39 is 14.8 Å². The van der Waals surface area contributed by atoms with Crippen molar-refractivity contribution in [2.24, 2.45) is 4.99 Å². The first-order chi connectivity index (χ1) is 13.2. The van der Waals surface area contributed by atoms with E-state index in [1.54, 1.807) is 31.2 Å². The van der Waals surface area contributed by atoms with Crippen molar-refractivity contribution in [3.05, 3.63) is 69.3 Å². The van der Waals surface area contributed by atoms with Gasteiger partial charge in [-0.1, -0.05) is 24.3 Å². The Kier molecular flexibility index (Phi) is 7.11. The smallest absolute Gasteiger partial charge is 0.269 e. The molecule has 2 aromatic carbocycles. The van der Waals surface area contributed by atoms with E-state index in [1.807, 2.05) is 13.0 Å². The van der Waals surface area contributed by atoms with E-state index in [-0.39, 0.29) is 5.69 Å². The van der Waals surface area contributed by atoms with E-state index in [0.717, 1.165) is 11.1 Å². The number of benzene rings is 2. The maximum absolute atomic E-state index is 11.7. The van der Waals surface area contributed by atoms with Gasteiger partial charge < -0.3 is 10.6 Å². The lowest BCUT2D eigenvalue weighted by Crippen LogP contribution is -2.36. The van der Waals surface area contributed by atoms with Crippen molar-refractivity contribution in [1.82, 2.24) is 10.6 Å². The van der Waals surface area contributed by atoms with Crippen LogP contribution in [0.4, 0.5) is 5.69 Å². The molecule has 0 saturated heterocycles. The van der Waals surface area contributed by atoms with Gasteiger partial charge in [-0.2, -0.15) is 0 Å². The summed E-state index contributed by atoms with van der Waals surface area (Å²) in [7, 11) is -3.24. The summed E-state index contributed by atoms with van der Waals surface area (Å²) in [5, 5.41) is 17.0. The van der Waals surface area contributed by atoms with E-state index in [0.29, 0.717) is 36.1 Å². The van der Waals surface area contributed by atoms with Gasteiger partial charge in [0.25, 0.3) is 5.69 Å². The molecule has 0 amide bonds. The molecule has 0 bridgehead atoms. The molecule has 2 N–H and O–H groups in total. The molecule has 0 radical (unpaired) electrons. The Morgan fingerprint density at radius 1 is 1.11 bits per heavy atom. The van der Waals surface area contributed by atoms with Crippen molar-refractivity contribution < 1.29 is 13.3 Å². The summed E-state index contributed by atoms with van der Waals surface area (Å²) in [4.78, 5) is 15.1. The van der Waals surface area contributed by atoms with Crippen LogP contribution < -0.4 is 10.6 Å². The summed E-state index contributed by atoms with van der Waals surface area (Å²) >= 11 is 0. The monoisotopic (exact) mass is 404 g/mol. The SMILES string of the molecule is CCNC(=NCc1ccc(S(C)(=O)=O)c(C)c1)NCc1ccc([N+](=O)[O-])cc1. The van der Waals surface area contributed by atoms with Crippen LogP contribution in [0.5, 0.6) is 0 Å². The van der Waals surface area contributed by atoms with Crippen LogP contribution in [0.2, 0.25) is 0 Å². The number of nitro benzene ring substituents is 1. The maximum atomic E-state index is 11.7. The predicted molar refractivity (Wildman–Crippen MR) is 109 cm³/mol. The van der Waals surface area contributed by atoms with Crippen molar-refractivity contribution in [2.45, 2.75) is 31.8 Å². The van der Waals surface area contributed by atoms with Crippen LogP contribution in [0, 0.1) is 17.0 Å². The minimum atomic E-state index is -3.24. The molecule has 9 heteroatoms. The summed E-state index contributed by atoms with van der Waals surface area (Å²) in [5.41, 5.74) is 2.54. The van der Waals surface area contributed by atoms with E-state index in [1.165, 1.54) is 18.4 Å². The molecule has 0 aliphatic heterocycles. The van der Waals surface area contributed by atoms with Crippen molar-refractivity contribution in [2.75, 3.05) is 12.8 Å². The van der Waals surface area contributed by atoms with Gasteiger partial charge in [-0.25, -0.2) is 13.4 Å². The van der Waals surface area contributed by atoms with Gasteiger partial charge in [0, 0.05) is 31.5 Å². The maximum Gasteiger partial charge on any atom is 0.269 e. The van der Waals surface area contributed by atoms with Crippen molar-refractivity contribution in [1.29, 1.82) is 0 Å². The number of aliphatic imine (C=N–C) groups is 1. The number of hydrogen-bond acceptors (Lipinski definition) is 5. The summed E-state index contributed by atoms with van der Waals surface area (Å²) < 4.78 is 23.4. The van der Waals surface area contributed by atoms with E-state index in [4.69, 9.17) is 0 Å². The minimum absolute atomic E-state index is 0.0530. The van der Waals surface area contributed by atoms with Crippen LogP contribution in [-0.2, 0) is 22.9 Å². The number of guanidine groups is 1.